The van der Waals surface area contributed by atoms with Crippen LogP contribution in [-0.4, -0.2) is 21.0 Å². The first-order valence-electron chi connectivity index (χ1n) is 9.65. The molecule has 0 N–H and O–H groups in total. The van der Waals surface area contributed by atoms with E-state index in [2.05, 4.69) is 10.2 Å². The summed E-state index contributed by atoms with van der Waals surface area (Å²) < 4.78 is 0. The van der Waals surface area contributed by atoms with Crippen LogP contribution in [0.5, 0.6) is 5.75 Å². The van der Waals surface area contributed by atoms with E-state index < -0.39 is 5.97 Å². The molecule has 150 valence electrons. The van der Waals surface area contributed by atoms with Gasteiger partial charge in [0, 0.05) is 11.0 Å². The number of carboxylic acid groups (broad SMARTS) is 1. The van der Waals surface area contributed by atoms with Crippen LogP contribution in [0.2, 0.25) is 0 Å². The smallest absolute Gasteiger partial charge is 0.872 e. The molecule has 5 rings (SSSR count). The maximum absolute atomic E-state index is 12.7. The summed E-state index contributed by atoms with van der Waals surface area (Å²) in [6.07, 6.45) is 1.33. The minimum atomic E-state index is -1.35. The molecule has 0 spiro atoms. The molecule has 0 unspecified atom stereocenters. The summed E-state index contributed by atoms with van der Waals surface area (Å²) >= 11 is 0. The van der Waals surface area contributed by atoms with Crippen LogP contribution in [0.3, 0.4) is 0 Å². The number of aliphatic carboxylic acids is 1. The van der Waals surface area contributed by atoms with Crippen LogP contribution in [0.4, 0.5) is 0 Å². The molecule has 0 radical (unpaired) electrons. The van der Waals surface area contributed by atoms with Crippen molar-refractivity contribution in [1.82, 2.24) is 15.0 Å². The Kier molecular flexibility index (Phi) is 8.13. The number of fused-ring (bicyclic) bond motifs is 3. The number of hydrogen-bond acceptors (Lipinski definition) is 5. The van der Waals surface area contributed by atoms with Crippen molar-refractivity contribution in [3.05, 3.63) is 96.1 Å². The molecule has 0 saturated heterocycles. The third-order valence-electron chi connectivity index (χ3n) is 5.11. The normalized spacial score (nSPS) is 11.1. The van der Waals surface area contributed by atoms with Crippen molar-refractivity contribution in [3.63, 3.8) is 0 Å². The first kappa shape index (κ1) is 25.2. The van der Waals surface area contributed by atoms with Crippen LogP contribution in [0.15, 0.2) is 84.9 Å². The van der Waals surface area contributed by atoms with Crippen LogP contribution in [-0.2, 0) is 4.79 Å². The van der Waals surface area contributed by atoms with Gasteiger partial charge in [-0.25, -0.2) is 0 Å². The molecule has 0 fully saturated rings. The summed E-state index contributed by atoms with van der Waals surface area (Å²) in [7, 11) is 0. The first-order chi connectivity index (χ1) is 15.1. The molecule has 0 aliphatic heterocycles. The number of benzene rings is 4. The number of carboxylic acids is 1. The van der Waals surface area contributed by atoms with E-state index in [1.807, 2.05) is 36.4 Å². The molecule has 0 amide bonds. The Balaban J connectivity index is 0.00000153. The Morgan fingerprint density at radius 2 is 1.58 bits per heavy atom. The largest absolute Gasteiger partial charge is 1.00 e. The van der Waals surface area contributed by atoms with Crippen molar-refractivity contribution in [2.45, 2.75) is 0 Å². The fourth-order valence-electron chi connectivity index (χ4n) is 3.56. The Morgan fingerprint density at radius 3 is 2.30 bits per heavy atom. The second-order valence-corrected chi connectivity index (χ2v) is 7.08. The number of aromatic nitrogens is 3. The molecule has 8 heteroatoms. The molecule has 4 aromatic carbocycles. The molecular formula is C25H15N3Na2O3. The molecular weight excluding hydrogens is 436 g/mol. The fourth-order valence-corrected chi connectivity index (χ4v) is 3.56. The van der Waals surface area contributed by atoms with E-state index in [4.69, 9.17) is 0 Å². The Hall–Kier alpha value is -2.45. The maximum atomic E-state index is 12.7. The number of nitrogens with zero attached hydrogens (tertiary/aromatic N) is 3. The van der Waals surface area contributed by atoms with E-state index in [9.17, 15) is 15.0 Å². The van der Waals surface area contributed by atoms with E-state index in [-0.39, 0.29) is 76.0 Å². The summed E-state index contributed by atoms with van der Waals surface area (Å²) in [5.41, 5.74) is 2.63. The van der Waals surface area contributed by atoms with Crippen molar-refractivity contribution in [1.29, 1.82) is 0 Å². The molecule has 0 aliphatic rings. The van der Waals surface area contributed by atoms with Gasteiger partial charge in [0.1, 0.15) is 11.0 Å². The third-order valence-corrected chi connectivity index (χ3v) is 5.11. The SMILES string of the molecule is O=C([O-])/C(=C/c1ccc(-n2nc3ccc4ccccc4c3n2)cc1[O-])c1ccccc1.[Na+].[Na+]. The standard InChI is InChI=1S/C25H17N3O3.2Na/c29-23-15-19(12-10-18(23)14-21(25(30)31)16-6-2-1-3-7-16)28-26-22-13-11-17-8-4-5-9-20(17)24(22)27-28;;/h1-15,29H,(H,30,31);;/q;2*+1/p-2/b21-14+;;. The Morgan fingerprint density at radius 1 is 0.848 bits per heavy atom. The summed E-state index contributed by atoms with van der Waals surface area (Å²) in [5.74, 6) is -1.68. The zero-order chi connectivity index (χ0) is 21.4. The van der Waals surface area contributed by atoms with Crippen molar-refractivity contribution >= 4 is 39.4 Å². The second-order valence-electron chi connectivity index (χ2n) is 7.08. The van der Waals surface area contributed by atoms with Gasteiger partial charge in [-0.1, -0.05) is 72.5 Å². The number of carbonyl (C=O) groups excluding carboxylic acids is 1. The summed E-state index contributed by atoms with van der Waals surface area (Å²) in [5, 5.41) is 35.4. The number of rotatable bonds is 4. The topological polar surface area (TPSA) is 93.9 Å². The Bertz CT molecular complexity index is 1480. The summed E-state index contributed by atoms with van der Waals surface area (Å²) in [4.78, 5) is 13.0. The van der Waals surface area contributed by atoms with E-state index in [1.165, 1.54) is 16.9 Å². The van der Waals surface area contributed by atoms with Crippen LogP contribution >= 0.6 is 0 Å². The minimum absolute atomic E-state index is 0. The van der Waals surface area contributed by atoms with Crippen LogP contribution < -0.4 is 69.3 Å². The van der Waals surface area contributed by atoms with Gasteiger partial charge in [-0.15, -0.1) is 10.2 Å². The van der Waals surface area contributed by atoms with Crippen molar-refractivity contribution in [3.8, 4) is 11.4 Å². The van der Waals surface area contributed by atoms with E-state index in [1.54, 1.807) is 42.5 Å². The number of carbonyl (C=O) groups is 1. The van der Waals surface area contributed by atoms with Gasteiger partial charge in [0.2, 0.25) is 0 Å². The van der Waals surface area contributed by atoms with Gasteiger partial charge in [-0.05, 0) is 40.8 Å². The van der Waals surface area contributed by atoms with E-state index >= 15 is 0 Å². The maximum Gasteiger partial charge on any atom is 1.00 e. The fraction of sp³-hybridized carbons (Fsp3) is 0. The summed E-state index contributed by atoms with van der Waals surface area (Å²) in [6, 6.07) is 25.0. The molecule has 0 saturated carbocycles. The van der Waals surface area contributed by atoms with Crippen molar-refractivity contribution < 1.29 is 74.1 Å². The first-order valence-corrected chi connectivity index (χ1v) is 9.65. The van der Waals surface area contributed by atoms with Crippen LogP contribution in [0, 0.1) is 0 Å². The third kappa shape index (κ3) is 5.06. The number of hydrogen-bond donors (Lipinski definition) is 0. The van der Waals surface area contributed by atoms with Crippen LogP contribution in [0.25, 0.3) is 39.1 Å². The van der Waals surface area contributed by atoms with Gasteiger partial charge in [0.25, 0.3) is 0 Å². The summed E-state index contributed by atoms with van der Waals surface area (Å²) in [6.45, 7) is 0. The van der Waals surface area contributed by atoms with E-state index in [0.717, 1.165) is 21.8 Å². The average molecular weight is 451 g/mol. The zero-order valence-electron chi connectivity index (χ0n) is 18.2. The molecule has 6 nitrogen and oxygen atoms in total. The predicted molar refractivity (Wildman–Crippen MR) is 115 cm³/mol. The molecule has 33 heavy (non-hydrogen) atoms. The van der Waals surface area contributed by atoms with E-state index in [0.29, 0.717) is 11.3 Å². The van der Waals surface area contributed by atoms with Crippen LogP contribution in [0.1, 0.15) is 11.1 Å². The van der Waals surface area contributed by atoms with Gasteiger partial charge in [0.15, 0.2) is 0 Å². The molecule has 1 heterocycles. The van der Waals surface area contributed by atoms with Crippen molar-refractivity contribution in [2.75, 3.05) is 0 Å². The molecule has 0 bridgehead atoms. The molecule has 1 aromatic heterocycles. The van der Waals surface area contributed by atoms with Gasteiger partial charge in [-0.2, -0.15) is 4.80 Å². The zero-order valence-corrected chi connectivity index (χ0v) is 22.2. The monoisotopic (exact) mass is 451 g/mol. The quantitative estimate of drug-likeness (QED) is 0.164. The predicted octanol–water partition coefficient (Wildman–Crippen LogP) is -3.05. The van der Waals surface area contributed by atoms with Gasteiger partial charge in [0.05, 0.1) is 11.7 Å². The van der Waals surface area contributed by atoms with Gasteiger partial charge >= 0.3 is 59.1 Å². The van der Waals surface area contributed by atoms with Gasteiger partial charge in [-0.3, -0.25) is 0 Å². The molecule has 0 atom stereocenters. The molecule has 0 aliphatic carbocycles. The average Bonchev–Trinajstić information content (AvgIpc) is 3.23. The molecule has 5 aromatic rings. The van der Waals surface area contributed by atoms with Crippen molar-refractivity contribution in [2.24, 2.45) is 0 Å². The van der Waals surface area contributed by atoms with Gasteiger partial charge < -0.3 is 15.0 Å². The Labute approximate surface area is 234 Å². The minimum Gasteiger partial charge on any atom is -0.872 e. The second kappa shape index (κ2) is 10.7.